The fourth-order valence-electron chi connectivity index (χ4n) is 1.67. The monoisotopic (exact) mass is 268 g/mol. The number of halogens is 2. The lowest BCUT2D eigenvalue weighted by Crippen LogP contribution is -1.96. The molecule has 2 nitrogen and oxygen atoms in total. The van der Waals surface area contributed by atoms with Crippen molar-refractivity contribution in [3.63, 3.8) is 0 Å². The molecule has 0 unspecified atom stereocenters. The minimum absolute atomic E-state index is 0.623. The third kappa shape index (κ3) is 3.24. The number of benzene rings is 1. The summed E-state index contributed by atoms with van der Waals surface area (Å²) in [7, 11) is 0. The quantitative estimate of drug-likeness (QED) is 0.797. The van der Waals surface area contributed by atoms with Gasteiger partial charge in [-0.3, -0.25) is 0 Å². The Labute approximate surface area is 111 Å². The Morgan fingerprint density at radius 2 is 1.88 bits per heavy atom. The molecule has 0 saturated carbocycles. The van der Waals surface area contributed by atoms with Crippen molar-refractivity contribution in [1.82, 2.24) is 9.78 Å². The van der Waals surface area contributed by atoms with Gasteiger partial charge in [0.25, 0.3) is 0 Å². The van der Waals surface area contributed by atoms with Crippen LogP contribution >= 0.6 is 23.2 Å². The van der Waals surface area contributed by atoms with Gasteiger partial charge in [-0.15, -0.1) is 0 Å². The number of rotatable bonds is 4. The van der Waals surface area contributed by atoms with Gasteiger partial charge in [0.2, 0.25) is 0 Å². The van der Waals surface area contributed by atoms with E-state index in [4.69, 9.17) is 23.2 Å². The number of nitrogens with zero attached hydrogens (tertiary/aromatic N) is 2. The fraction of sp³-hybridized carbons (Fsp3) is 0.308. The van der Waals surface area contributed by atoms with E-state index in [9.17, 15) is 0 Å². The molecule has 0 N–H and O–H groups in total. The van der Waals surface area contributed by atoms with E-state index in [1.165, 1.54) is 6.42 Å². The molecule has 0 aliphatic carbocycles. The molecule has 0 atom stereocenters. The zero-order valence-corrected chi connectivity index (χ0v) is 11.2. The van der Waals surface area contributed by atoms with E-state index in [0.717, 1.165) is 24.2 Å². The molecule has 17 heavy (non-hydrogen) atoms. The maximum atomic E-state index is 5.96. The number of hydrogen-bond donors (Lipinski definition) is 0. The van der Waals surface area contributed by atoms with Gasteiger partial charge in [0.05, 0.1) is 11.4 Å². The standard InChI is InChI=1S/C13H14Cl2N2/c1-2-3-4-12-5-6-17(16-12)13-8-10(14)7-11(15)9-13/h5-9H,2-4H2,1H3. The Hall–Kier alpha value is -0.990. The zero-order chi connectivity index (χ0) is 12.3. The van der Waals surface area contributed by atoms with Gasteiger partial charge < -0.3 is 0 Å². The average molecular weight is 269 g/mol. The first-order chi connectivity index (χ1) is 8.19. The first kappa shape index (κ1) is 12.5. The molecule has 90 valence electrons. The summed E-state index contributed by atoms with van der Waals surface area (Å²) in [6.45, 7) is 2.17. The SMILES string of the molecule is CCCCc1ccn(-c2cc(Cl)cc(Cl)c2)n1. The predicted octanol–water partition coefficient (Wildman–Crippen LogP) is 4.52. The highest BCUT2D eigenvalue weighted by atomic mass is 35.5. The van der Waals surface area contributed by atoms with Crippen molar-refractivity contribution < 1.29 is 0 Å². The molecule has 0 amide bonds. The van der Waals surface area contributed by atoms with Gasteiger partial charge in [-0.25, -0.2) is 4.68 Å². The van der Waals surface area contributed by atoms with Crippen LogP contribution in [0.25, 0.3) is 5.69 Å². The molecule has 4 heteroatoms. The largest absolute Gasteiger partial charge is 0.241 e. The third-order valence-corrected chi connectivity index (χ3v) is 2.98. The van der Waals surface area contributed by atoms with Crippen LogP contribution in [0.5, 0.6) is 0 Å². The van der Waals surface area contributed by atoms with Crippen molar-refractivity contribution >= 4 is 23.2 Å². The van der Waals surface area contributed by atoms with E-state index in [-0.39, 0.29) is 0 Å². The van der Waals surface area contributed by atoms with E-state index in [1.807, 2.05) is 29.1 Å². The summed E-state index contributed by atoms with van der Waals surface area (Å²) in [6.07, 6.45) is 5.29. The maximum absolute atomic E-state index is 5.96. The predicted molar refractivity (Wildman–Crippen MR) is 72.2 cm³/mol. The van der Waals surface area contributed by atoms with Gasteiger partial charge in [0, 0.05) is 16.2 Å². The van der Waals surface area contributed by atoms with Crippen LogP contribution in [0.15, 0.2) is 30.5 Å². The van der Waals surface area contributed by atoms with Crippen molar-refractivity contribution in [3.8, 4) is 5.69 Å². The molecule has 1 aromatic heterocycles. The second kappa shape index (κ2) is 5.56. The van der Waals surface area contributed by atoms with E-state index >= 15 is 0 Å². The number of aromatic nitrogens is 2. The van der Waals surface area contributed by atoms with Crippen LogP contribution in [0.3, 0.4) is 0 Å². The van der Waals surface area contributed by atoms with Gasteiger partial charge in [-0.2, -0.15) is 5.10 Å². The van der Waals surface area contributed by atoms with Gasteiger partial charge in [-0.1, -0.05) is 36.5 Å². The Balaban J connectivity index is 2.24. The average Bonchev–Trinajstić information content (AvgIpc) is 2.73. The van der Waals surface area contributed by atoms with Crippen LogP contribution in [-0.2, 0) is 6.42 Å². The Morgan fingerprint density at radius 3 is 2.53 bits per heavy atom. The smallest absolute Gasteiger partial charge is 0.0675 e. The molecule has 1 heterocycles. The molecule has 0 aliphatic rings. The highest BCUT2D eigenvalue weighted by Crippen LogP contribution is 2.21. The van der Waals surface area contributed by atoms with E-state index in [0.29, 0.717) is 10.0 Å². The molecule has 0 saturated heterocycles. The van der Waals surface area contributed by atoms with E-state index in [2.05, 4.69) is 12.0 Å². The summed E-state index contributed by atoms with van der Waals surface area (Å²) in [5.41, 5.74) is 1.99. The molecule has 0 spiro atoms. The number of aryl methyl sites for hydroxylation is 1. The summed E-state index contributed by atoms with van der Waals surface area (Å²) in [6, 6.07) is 7.45. The highest BCUT2D eigenvalue weighted by molar-refractivity contribution is 6.34. The molecule has 0 radical (unpaired) electrons. The van der Waals surface area contributed by atoms with Crippen LogP contribution in [-0.4, -0.2) is 9.78 Å². The van der Waals surface area contributed by atoms with Gasteiger partial charge in [0.1, 0.15) is 0 Å². The van der Waals surface area contributed by atoms with Crippen molar-refractivity contribution in [3.05, 3.63) is 46.2 Å². The fourth-order valence-corrected chi connectivity index (χ4v) is 2.18. The summed E-state index contributed by atoms with van der Waals surface area (Å²) < 4.78 is 1.81. The van der Waals surface area contributed by atoms with Crippen LogP contribution in [0.4, 0.5) is 0 Å². The molecule has 2 rings (SSSR count). The van der Waals surface area contributed by atoms with E-state index in [1.54, 1.807) is 6.07 Å². The van der Waals surface area contributed by atoms with Gasteiger partial charge in [-0.05, 0) is 37.1 Å². The van der Waals surface area contributed by atoms with Crippen molar-refractivity contribution in [1.29, 1.82) is 0 Å². The Kier molecular flexibility index (Phi) is 4.08. The Bertz CT molecular complexity index is 486. The van der Waals surface area contributed by atoms with Crippen molar-refractivity contribution in [2.45, 2.75) is 26.2 Å². The topological polar surface area (TPSA) is 17.8 Å². The zero-order valence-electron chi connectivity index (χ0n) is 9.66. The molecular weight excluding hydrogens is 255 g/mol. The molecular formula is C13H14Cl2N2. The molecule has 2 aromatic rings. The molecule has 0 fully saturated rings. The van der Waals surface area contributed by atoms with Crippen molar-refractivity contribution in [2.24, 2.45) is 0 Å². The van der Waals surface area contributed by atoms with Crippen LogP contribution in [0.2, 0.25) is 10.0 Å². The minimum atomic E-state index is 0.623. The van der Waals surface area contributed by atoms with Crippen LogP contribution in [0.1, 0.15) is 25.5 Å². The van der Waals surface area contributed by atoms with Crippen molar-refractivity contribution in [2.75, 3.05) is 0 Å². The second-order valence-corrected chi connectivity index (χ2v) is 4.86. The summed E-state index contributed by atoms with van der Waals surface area (Å²) in [5.74, 6) is 0. The summed E-state index contributed by atoms with van der Waals surface area (Å²) in [4.78, 5) is 0. The number of hydrogen-bond acceptors (Lipinski definition) is 1. The minimum Gasteiger partial charge on any atom is -0.241 e. The third-order valence-electron chi connectivity index (χ3n) is 2.54. The second-order valence-electron chi connectivity index (χ2n) is 3.98. The lowest BCUT2D eigenvalue weighted by Gasteiger charge is -2.03. The van der Waals surface area contributed by atoms with Gasteiger partial charge >= 0.3 is 0 Å². The molecule has 0 bridgehead atoms. The molecule has 0 aliphatic heterocycles. The maximum Gasteiger partial charge on any atom is 0.0675 e. The first-order valence-corrected chi connectivity index (χ1v) is 6.45. The lowest BCUT2D eigenvalue weighted by atomic mass is 10.2. The molecule has 1 aromatic carbocycles. The Morgan fingerprint density at radius 1 is 1.18 bits per heavy atom. The van der Waals surface area contributed by atoms with Crippen LogP contribution in [0, 0.1) is 0 Å². The summed E-state index contributed by atoms with van der Waals surface area (Å²) >= 11 is 11.9. The summed E-state index contributed by atoms with van der Waals surface area (Å²) in [5, 5.41) is 5.75. The van der Waals surface area contributed by atoms with E-state index < -0.39 is 0 Å². The number of unbranched alkanes of at least 4 members (excludes halogenated alkanes) is 1. The lowest BCUT2D eigenvalue weighted by molar-refractivity contribution is 0.752. The van der Waals surface area contributed by atoms with Gasteiger partial charge in [0.15, 0.2) is 0 Å². The van der Waals surface area contributed by atoms with Crippen LogP contribution < -0.4 is 0 Å². The highest BCUT2D eigenvalue weighted by Gasteiger charge is 2.03. The first-order valence-electron chi connectivity index (χ1n) is 5.70. The normalized spacial score (nSPS) is 10.8.